The molecule has 2 rings (SSSR count). The van der Waals surface area contributed by atoms with Crippen molar-refractivity contribution in [1.29, 1.82) is 0 Å². The van der Waals surface area contributed by atoms with Crippen LogP contribution in [0.2, 0.25) is 5.02 Å². The molecule has 0 aliphatic carbocycles. The van der Waals surface area contributed by atoms with Crippen LogP contribution in [0.25, 0.3) is 0 Å². The highest BCUT2D eigenvalue weighted by atomic mass is 35.5. The maximum absolute atomic E-state index is 13.5. The Hall–Kier alpha value is -0.420. The number of rotatable bonds is 1. The first-order valence-corrected chi connectivity index (χ1v) is 5.15. The molecule has 1 aliphatic rings. The van der Waals surface area contributed by atoms with Crippen LogP contribution in [-0.4, -0.2) is 19.6 Å². The molecule has 0 saturated carbocycles. The molecule has 1 saturated heterocycles. The van der Waals surface area contributed by atoms with E-state index in [1.165, 1.54) is 0 Å². The molecule has 1 aromatic rings. The topological polar surface area (TPSA) is 24.1 Å². The second kappa shape index (κ2) is 5.77. The van der Waals surface area contributed by atoms with E-state index in [0.29, 0.717) is 6.54 Å². The average Bonchev–Trinajstić information content (AvgIpc) is 2.26. The predicted molar refractivity (Wildman–Crippen MR) is 62.2 cm³/mol. The monoisotopic (exact) mass is 268 g/mol. The Labute approximate surface area is 104 Å². The summed E-state index contributed by atoms with van der Waals surface area (Å²) in [6.07, 6.45) is 0. The van der Waals surface area contributed by atoms with Crippen molar-refractivity contribution in [2.24, 2.45) is 0 Å². The second-order valence-electron chi connectivity index (χ2n) is 3.47. The molecule has 90 valence electrons. The van der Waals surface area contributed by atoms with Crippen molar-refractivity contribution >= 4 is 24.0 Å². The van der Waals surface area contributed by atoms with E-state index < -0.39 is 11.6 Å². The molecule has 2 nitrogen and oxygen atoms in total. The molecule has 0 radical (unpaired) electrons. The van der Waals surface area contributed by atoms with E-state index in [4.69, 9.17) is 11.6 Å². The van der Waals surface area contributed by atoms with Crippen LogP contribution in [-0.2, 0) is 0 Å². The first kappa shape index (κ1) is 13.6. The Bertz CT molecular complexity index is 368. The maximum atomic E-state index is 13.5. The van der Waals surface area contributed by atoms with E-state index in [1.54, 1.807) is 0 Å². The molecular weight excluding hydrogens is 257 g/mol. The summed E-state index contributed by atoms with van der Waals surface area (Å²) >= 11 is 5.75. The molecule has 0 bridgehead atoms. The second-order valence-corrected chi connectivity index (χ2v) is 3.85. The summed E-state index contributed by atoms with van der Waals surface area (Å²) in [4.78, 5) is 0. The fraction of sp³-hybridized carbons (Fsp3) is 0.400. The van der Waals surface area contributed by atoms with Crippen molar-refractivity contribution < 1.29 is 8.78 Å². The molecule has 1 fully saturated rings. The van der Waals surface area contributed by atoms with E-state index in [-0.39, 0.29) is 29.0 Å². The highest BCUT2D eigenvalue weighted by Crippen LogP contribution is 2.28. The SMILES string of the molecule is Cl.Fc1ccc(F)c([C@@H]2CNCCN2)c1Cl. The molecule has 2 N–H and O–H groups in total. The third-order valence-corrected chi connectivity index (χ3v) is 2.85. The molecule has 0 unspecified atom stereocenters. The van der Waals surface area contributed by atoms with Gasteiger partial charge in [0.2, 0.25) is 0 Å². The Morgan fingerprint density at radius 1 is 1.19 bits per heavy atom. The van der Waals surface area contributed by atoms with Crippen LogP contribution >= 0.6 is 24.0 Å². The molecule has 1 atom stereocenters. The van der Waals surface area contributed by atoms with E-state index in [2.05, 4.69) is 10.6 Å². The number of hydrogen-bond donors (Lipinski definition) is 2. The van der Waals surface area contributed by atoms with Gasteiger partial charge in [0, 0.05) is 31.2 Å². The Kier molecular flexibility index (Phi) is 4.92. The van der Waals surface area contributed by atoms with Gasteiger partial charge in [-0.2, -0.15) is 0 Å². The lowest BCUT2D eigenvalue weighted by Gasteiger charge is -2.26. The number of nitrogens with one attached hydrogen (secondary N) is 2. The van der Waals surface area contributed by atoms with Crippen LogP contribution in [0.4, 0.5) is 8.78 Å². The zero-order valence-electron chi connectivity index (χ0n) is 8.40. The third-order valence-electron chi connectivity index (χ3n) is 2.47. The number of benzene rings is 1. The minimum atomic E-state index is -0.583. The standard InChI is InChI=1S/C10H11ClF2N2.ClH/c11-10-7(13)2-1-6(12)9(10)8-5-14-3-4-15-8;/h1-2,8,14-15H,3-5H2;1H/t8-;/m0./s1. The highest BCUT2D eigenvalue weighted by molar-refractivity contribution is 6.31. The molecule has 1 heterocycles. The van der Waals surface area contributed by atoms with Gasteiger partial charge in [-0.3, -0.25) is 0 Å². The molecule has 1 aromatic carbocycles. The summed E-state index contributed by atoms with van der Waals surface area (Å²) in [6, 6.07) is 1.88. The van der Waals surface area contributed by atoms with Gasteiger partial charge in [-0.25, -0.2) is 8.78 Å². The number of hydrogen-bond acceptors (Lipinski definition) is 2. The third kappa shape index (κ3) is 2.63. The van der Waals surface area contributed by atoms with Gasteiger partial charge >= 0.3 is 0 Å². The quantitative estimate of drug-likeness (QED) is 0.764. The van der Waals surface area contributed by atoms with Gasteiger partial charge < -0.3 is 10.6 Å². The van der Waals surface area contributed by atoms with E-state index in [9.17, 15) is 8.78 Å². The summed E-state index contributed by atoms with van der Waals surface area (Å²) in [5.41, 5.74) is 0.212. The maximum Gasteiger partial charge on any atom is 0.142 e. The summed E-state index contributed by atoms with van der Waals surface area (Å²) in [5.74, 6) is -1.05. The summed E-state index contributed by atoms with van der Waals surface area (Å²) in [6.45, 7) is 2.10. The summed E-state index contributed by atoms with van der Waals surface area (Å²) < 4.78 is 26.7. The van der Waals surface area contributed by atoms with Gasteiger partial charge in [0.1, 0.15) is 11.6 Å². The lowest BCUT2D eigenvalue weighted by Crippen LogP contribution is -2.43. The van der Waals surface area contributed by atoms with Gasteiger partial charge in [0.15, 0.2) is 0 Å². The van der Waals surface area contributed by atoms with Crippen molar-refractivity contribution in [3.8, 4) is 0 Å². The summed E-state index contributed by atoms with van der Waals surface area (Å²) in [5, 5.41) is 6.06. The van der Waals surface area contributed by atoms with E-state index in [1.807, 2.05) is 0 Å². The normalized spacial score (nSPS) is 20.3. The highest BCUT2D eigenvalue weighted by Gasteiger charge is 2.22. The fourth-order valence-electron chi connectivity index (χ4n) is 1.72. The van der Waals surface area contributed by atoms with Crippen molar-refractivity contribution in [3.63, 3.8) is 0 Å². The minimum absolute atomic E-state index is 0. The molecule has 0 amide bonds. The smallest absolute Gasteiger partial charge is 0.142 e. The lowest BCUT2D eigenvalue weighted by molar-refractivity contribution is 0.415. The predicted octanol–water partition coefficient (Wildman–Crippen LogP) is 2.27. The van der Waals surface area contributed by atoms with Gasteiger partial charge in [-0.15, -0.1) is 12.4 Å². The molecule has 6 heteroatoms. The van der Waals surface area contributed by atoms with Crippen molar-refractivity contribution in [2.75, 3.05) is 19.6 Å². The zero-order valence-corrected chi connectivity index (χ0v) is 9.97. The molecule has 1 aliphatic heterocycles. The Morgan fingerprint density at radius 2 is 1.88 bits per heavy atom. The van der Waals surface area contributed by atoms with Gasteiger partial charge in [0.05, 0.1) is 5.02 Å². The van der Waals surface area contributed by atoms with Crippen LogP contribution in [0.15, 0.2) is 12.1 Å². The van der Waals surface area contributed by atoms with Crippen LogP contribution in [0, 0.1) is 11.6 Å². The van der Waals surface area contributed by atoms with Crippen LogP contribution in [0.3, 0.4) is 0 Å². The van der Waals surface area contributed by atoms with Gasteiger partial charge in [0.25, 0.3) is 0 Å². The zero-order chi connectivity index (χ0) is 10.8. The van der Waals surface area contributed by atoms with Crippen LogP contribution < -0.4 is 10.6 Å². The lowest BCUT2D eigenvalue weighted by atomic mass is 10.0. The number of halogens is 4. The van der Waals surface area contributed by atoms with Gasteiger partial charge in [-0.05, 0) is 12.1 Å². The van der Waals surface area contributed by atoms with Crippen molar-refractivity contribution in [2.45, 2.75) is 6.04 Å². The van der Waals surface area contributed by atoms with E-state index in [0.717, 1.165) is 25.2 Å². The van der Waals surface area contributed by atoms with Crippen molar-refractivity contribution in [3.05, 3.63) is 34.4 Å². The van der Waals surface area contributed by atoms with Crippen molar-refractivity contribution in [1.82, 2.24) is 10.6 Å². The minimum Gasteiger partial charge on any atom is -0.314 e. The van der Waals surface area contributed by atoms with E-state index >= 15 is 0 Å². The first-order valence-electron chi connectivity index (χ1n) is 4.77. The molecule has 16 heavy (non-hydrogen) atoms. The fourth-order valence-corrected chi connectivity index (χ4v) is 2.00. The van der Waals surface area contributed by atoms with Gasteiger partial charge in [-0.1, -0.05) is 11.6 Å². The molecular formula is C10H12Cl2F2N2. The number of piperazine rings is 1. The van der Waals surface area contributed by atoms with Crippen LogP contribution in [0.5, 0.6) is 0 Å². The average molecular weight is 269 g/mol. The Balaban J connectivity index is 0.00000128. The summed E-state index contributed by atoms with van der Waals surface area (Å²) in [7, 11) is 0. The molecule has 0 spiro atoms. The Morgan fingerprint density at radius 3 is 2.50 bits per heavy atom. The first-order chi connectivity index (χ1) is 7.20. The van der Waals surface area contributed by atoms with Crippen LogP contribution in [0.1, 0.15) is 11.6 Å². The molecule has 0 aromatic heterocycles. The largest absolute Gasteiger partial charge is 0.314 e.